The Morgan fingerprint density at radius 2 is 2.04 bits per heavy atom. The lowest BCUT2D eigenvalue weighted by atomic mass is 10.2. The first-order chi connectivity index (χ1) is 11.7. The van der Waals surface area contributed by atoms with Gasteiger partial charge >= 0.3 is 0 Å². The molecule has 126 valence electrons. The molecule has 0 saturated carbocycles. The number of hydrogen-bond donors (Lipinski definition) is 0. The Morgan fingerprint density at radius 1 is 1.33 bits per heavy atom. The number of nitriles is 1. The highest BCUT2D eigenvalue weighted by Crippen LogP contribution is 2.32. The molecule has 8 heteroatoms. The van der Waals surface area contributed by atoms with Crippen molar-refractivity contribution in [2.45, 2.75) is 34.2 Å². The van der Waals surface area contributed by atoms with Crippen LogP contribution >= 0.6 is 34.9 Å². The van der Waals surface area contributed by atoms with Gasteiger partial charge in [-0.1, -0.05) is 60.0 Å². The number of amides is 1. The third-order valence-corrected chi connectivity index (χ3v) is 6.17. The molecule has 1 heterocycles. The monoisotopic (exact) mass is 378 g/mol. The van der Waals surface area contributed by atoms with E-state index < -0.39 is 0 Å². The fourth-order valence-corrected chi connectivity index (χ4v) is 5.11. The molecule has 1 amide bonds. The van der Waals surface area contributed by atoms with Crippen LogP contribution in [0.25, 0.3) is 0 Å². The molecular weight excluding hydrogens is 360 g/mol. The summed E-state index contributed by atoms with van der Waals surface area (Å²) in [7, 11) is 0. The van der Waals surface area contributed by atoms with Crippen LogP contribution in [0.2, 0.25) is 0 Å². The molecule has 5 nitrogen and oxygen atoms in total. The van der Waals surface area contributed by atoms with E-state index in [1.165, 1.54) is 23.1 Å². The molecule has 0 aliphatic rings. The molecule has 0 fully saturated rings. The zero-order chi connectivity index (χ0) is 17.4. The lowest BCUT2D eigenvalue weighted by Crippen LogP contribution is -2.37. The predicted molar refractivity (Wildman–Crippen MR) is 101 cm³/mol. The zero-order valence-electron chi connectivity index (χ0n) is 13.5. The molecule has 1 aromatic carbocycles. The van der Waals surface area contributed by atoms with Crippen molar-refractivity contribution in [1.29, 1.82) is 5.26 Å². The van der Waals surface area contributed by atoms with Gasteiger partial charge in [0.15, 0.2) is 8.68 Å². The van der Waals surface area contributed by atoms with Crippen LogP contribution in [0.4, 0.5) is 5.69 Å². The van der Waals surface area contributed by atoms with E-state index in [2.05, 4.69) is 23.2 Å². The van der Waals surface area contributed by atoms with Gasteiger partial charge in [0.05, 0.1) is 17.7 Å². The van der Waals surface area contributed by atoms with Gasteiger partial charge in [0.2, 0.25) is 5.91 Å². The van der Waals surface area contributed by atoms with Gasteiger partial charge in [-0.3, -0.25) is 4.79 Å². The summed E-state index contributed by atoms with van der Waals surface area (Å²) in [5, 5.41) is 16.8. The molecule has 0 aliphatic heterocycles. The predicted octanol–water partition coefficient (Wildman–Crippen LogP) is 4.08. The lowest BCUT2D eigenvalue weighted by Gasteiger charge is -2.24. The highest BCUT2D eigenvalue weighted by molar-refractivity contribution is 8.03. The second kappa shape index (κ2) is 9.67. The molecule has 2 rings (SSSR count). The van der Waals surface area contributed by atoms with Crippen LogP contribution in [0.3, 0.4) is 0 Å². The summed E-state index contributed by atoms with van der Waals surface area (Å²) in [6.45, 7) is 4.32. The number of nitrogens with zero attached hydrogens (tertiary/aromatic N) is 4. The normalized spacial score (nSPS) is 11.7. The lowest BCUT2D eigenvalue weighted by molar-refractivity contribution is -0.117. The molecule has 2 aromatic rings. The van der Waals surface area contributed by atoms with Crippen LogP contribution in [0, 0.1) is 11.3 Å². The Morgan fingerprint density at radius 3 is 2.71 bits per heavy atom. The molecule has 1 aromatic heterocycles. The van der Waals surface area contributed by atoms with Crippen molar-refractivity contribution in [3.8, 4) is 6.07 Å². The summed E-state index contributed by atoms with van der Waals surface area (Å²) in [6.07, 6.45) is 0.300. The third kappa shape index (κ3) is 5.23. The fraction of sp³-hybridized carbons (Fsp3) is 0.375. The van der Waals surface area contributed by atoms with E-state index in [1.54, 1.807) is 16.7 Å². The number of thioether (sulfide) groups is 2. The summed E-state index contributed by atoms with van der Waals surface area (Å²) in [5.41, 5.74) is 0.810. The summed E-state index contributed by atoms with van der Waals surface area (Å²) < 4.78 is 1.71. The van der Waals surface area contributed by atoms with Crippen LogP contribution < -0.4 is 4.90 Å². The molecule has 0 bridgehead atoms. The summed E-state index contributed by atoms with van der Waals surface area (Å²) in [5.74, 6) is 0.922. The minimum Gasteiger partial charge on any atom is -0.310 e. The molecule has 0 saturated heterocycles. The van der Waals surface area contributed by atoms with Gasteiger partial charge in [0.1, 0.15) is 0 Å². The Kier molecular flexibility index (Phi) is 7.56. The molecular formula is C16H18N4OS3. The molecule has 1 unspecified atom stereocenters. The maximum absolute atomic E-state index is 12.8. The number of benzene rings is 1. The SMILES string of the molecule is CCSc1nnc(SC(C)C(=O)N(CCC#N)c2ccccc2)s1. The van der Waals surface area contributed by atoms with E-state index >= 15 is 0 Å². The maximum Gasteiger partial charge on any atom is 0.240 e. The van der Waals surface area contributed by atoms with E-state index in [0.717, 1.165) is 20.1 Å². The van der Waals surface area contributed by atoms with Gasteiger partial charge < -0.3 is 4.90 Å². The Labute approximate surface area is 154 Å². The average molecular weight is 379 g/mol. The first kappa shape index (κ1) is 18.8. The molecule has 0 N–H and O–H groups in total. The van der Waals surface area contributed by atoms with Crippen LogP contribution in [0.15, 0.2) is 39.0 Å². The van der Waals surface area contributed by atoms with E-state index in [0.29, 0.717) is 13.0 Å². The Bertz CT molecular complexity index is 699. The molecule has 24 heavy (non-hydrogen) atoms. The third-order valence-electron chi connectivity index (χ3n) is 3.06. The number of hydrogen-bond acceptors (Lipinski definition) is 7. The van der Waals surface area contributed by atoms with E-state index in [1.807, 2.05) is 37.3 Å². The second-order valence-corrected chi connectivity index (χ2v) is 8.84. The summed E-state index contributed by atoms with van der Waals surface area (Å²) in [6, 6.07) is 11.6. The van der Waals surface area contributed by atoms with Gasteiger partial charge in [-0.15, -0.1) is 10.2 Å². The van der Waals surface area contributed by atoms with E-state index in [4.69, 9.17) is 5.26 Å². The number of rotatable bonds is 8. The minimum absolute atomic E-state index is 0.0265. The number of para-hydroxylation sites is 1. The maximum atomic E-state index is 12.8. The summed E-state index contributed by atoms with van der Waals surface area (Å²) in [4.78, 5) is 14.5. The number of aromatic nitrogens is 2. The van der Waals surface area contributed by atoms with Gasteiger partial charge in [-0.25, -0.2) is 0 Å². The first-order valence-electron chi connectivity index (χ1n) is 7.52. The Hall–Kier alpha value is -1.56. The largest absolute Gasteiger partial charge is 0.310 e. The van der Waals surface area contributed by atoms with Gasteiger partial charge in [0.25, 0.3) is 0 Å². The highest BCUT2D eigenvalue weighted by Gasteiger charge is 2.24. The number of carbonyl (C=O) groups excluding carboxylic acids is 1. The van der Waals surface area contributed by atoms with E-state index in [-0.39, 0.29) is 11.2 Å². The van der Waals surface area contributed by atoms with Crippen LogP contribution in [0.5, 0.6) is 0 Å². The van der Waals surface area contributed by atoms with Crippen molar-refractivity contribution < 1.29 is 4.79 Å². The van der Waals surface area contributed by atoms with Gasteiger partial charge in [-0.05, 0) is 24.8 Å². The van der Waals surface area contributed by atoms with Crippen molar-refractivity contribution in [2.75, 3.05) is 17.2 Å². The van der Waals surface area contributed by atoms with Crippen molar-refractivity contribution in [3.05, 3.63) is 30.3 Å². The minimum atomic E-state index is -0.295. The first-order valence-corrected chi connectivity index (χ1v) is 10.2. The van der Waals surface area contributed by atoms with Gasteiger partial charge in [-0.2, -0.15) is 5.26 Å². The number of anilines is 1. The second-order valence-electron chi connectivity index (χ2n) is 4.76. The van der Waals surface area contributed by atoms with Crippen molar-refractivity contribution >= 4 is 46.5 Å². The summed E-state index contributed by atoms with van der Waals surface area (Å²) >= 11 is 4.57. The van der Waals surface area contributed by atoms with Crippen molar-refractivity contribution in [1.82, 2.24) is 10.2 Å². The van der Waals surface area contributed by atoms with Crippen LogP contribution in [0.1, 0.15) is 20.3 Å². The molecule has 0 spiro atoms. The number of carbonyl (C=O) groups is 1. The van der Waals surface area contributed by atoms with Crippen molar-refractivity contribution in [3.63, 3.8) is 0 Å². The standard InChI is InChI=1S/C16H18N4OS3/c1-3-22-15-18-19-16(24-15)23-12(2)14(21)20(11-7-10-17)13-8-5-4-6-9-13/h4-6,8-9,12H,3,7,11H2,1-2H3. The Balaban J connectivity index is 2.08. The quantitative estimate of drug-likeness (QED) is 0.645. The molecule has 1 atom stereocenters. The van der Waals surface area contributed by atoms with Crippen LogP contribution in [-0.4, -0.2) is 33.7 Å². The molecule has 0 radical (unpaired) electrons. The fourth-order valence-electron chi connectivity index (χ4n) is 1.98. The zero-order valence-corrected chi connectivity index (χ0v) is 16.0. The van der Waals surface area contributed by atoms with Crippen molar-refractivity contribution in [2.24, 2.45) is 0 Å². The topological polar surface area (TPSA) is 69.9 Å². The van der Waals surface area contributed by atoms with Crippen LogP contribution in [-0.2, 0) is 4.79 Å². The highest BCUT2D eigenvalue weighted by atomic mass is 32.2. The molecule has 0 aliphatic carbocycles. The smallest absolute Gasteiger partial charge is 0.240 e. The average Bonchev–Trinajstić information content (AvgIpc) is 3.03. The van der Waals surface area contributed by atoms with Gasteiger partial charge in [0, 0.05) is 12.2 Å². The van der Waals surface area contributed by atoms with E-state index in [9.17, 15) is 4.79 Å².